The molecular formula is C8H12O4-2. The summed E-state index contributed by atoms with van der Waals surface area (Å²) in [6.45, 7) is 1.95. The Morgan fingerprint density at radius 1 is 1.17 bits per heavy atom. The van der Waals surface area contributed by atoms with Crippen LogP contribution in [0.2, 0.25) is 0 Å². The number of hydrogen-bond donors (Lipinski definition) is 0. The summed E-state index contributed by atoms with van der Waals surface area (Å²) < 4.78 is 0. The number of hydrogen-bond acceptors (Lipinski definition) is 4. The highest BCUT2D eigenvalue weighted by molar-refractivity contribution is 5.90. The zero-order valence-corrected chi connectivity index (χ0v) is 7.04. The molecule has 0 aliphatic rings. The van der Waals surface area contributed by atoms with Crippen molar-refractivity contribution in [2.45, 2.75) is 32.6 Å². The van der Waals surface area contributed by atoms with Gasteiger partial charge in [-0.25, -0.2) is 0 Å². The molecule has 0 N–H and O–H groups in total. The van der Waals surface area contributed by atoms with Gasteiger partial charge in [-0.1, -0.05) is 26.2 Å². The van der Waals surface area contributed by atoms with Crippen LogP contribution in [0, 0.1) is 5.92 Å². The van der Waals surface area contributed by atoms with Gasteiger partial charge in [0.1, 0.15) is 0 Å². The van der Waals surface area contributed by atoms with E-state index in [2.05, 4.69) is 0 Å². The molecule has 0 aromatic carbocycles. The molecule has 0 atom stereocenters. The zero-order chi connectivity index (χ0) is 9.56. The average Bonchev–Trinajstić information content (AvgIpc) is 1.96. The maximum atomic E-state index is 10.2. The Kier molecular flexibility index (Phi) is 5.08. The van der Waals surface area contributed by atoms with E-state index >= 15 is 0 Å². The van der Waals surface area contributed by atoms with Crippen LogP contribution >= 0.6 is 0 Å². The molecule has 0 spiro atoms. The monoisotopic (exact) mass is 172 g/mol. The molecule has 0 amide bonds. The number of carboxylic acids is 2. The Hall–Kier alpha value is -1.06. The van der Waals surface area contributed by atoms with Crippen LogP contribution in [0.15, 0.2) is 0 Å². The van der Waals surface area contributed by atoms with Crippen LogP contribution in [-0.4, -0.2) is 11.9 Å². The van der Waals surface area contributed by atoms with Gasteiger partial charge >= 0.3 is 0 Å². The third kappa shape index (κ3) is 3.95. The van der Waals surface area contributed by atoms with Crippen LogP contribution in [-0.2, 0) is 9.59 Å². The Morgan fingerprint density at radius 2 is 1.67 bits per heavy atom. The van der Waals surface area contributed by atoms with Gasteiger partial charge in [-0.3, -0.25) is 0 Å². The third-order valence-corrected chi connectivity index (χ3v) is 1.67. The lowest BCUT2D eigenvalue weighted by Gasteiger charge is -2.18. The number of rotatable bonds is 6. The van der Waals surface area contributed by atoms with Crippen LogP contribution in [0.5, 0.6) is 0 Å². The molecule has 0 bridgehead atoms. The maximum Gasteiger partial charge on any atom is 0.0501 e. The van der Waals surface area contributed by atoms with Crippen molar-refractivity contribution in [3.8, 4) is 0 Å². The Balaban J connectivity index is 3.80. The first-order valence-electron chi connectivity index (χ1n) is 4.01. The third-order valence-electron chi connectivity index (χ3n) is 1.67. The smallest absolute Gasteiger partial charge is 0.0501 e. The van der Waals surface area contributed by atoms with E-state index in [4.69, 9.17) is 0 Å². The Bertz CT molecular complexity index is 150. The Labute approximate surface area is 71.2 Å². The number of unbranched alkanes of at least 4 members (excludes halogenated alkanes) is 2. The van der Waals surface area contributed by atoms with Crippen molar-refractivity contribution in [1.29, 1.82) is 0 Å². The lowest BCUT2D eigenvalue weighted by atomic mass is 10.0. The lowest BCUT2D eigenvalue weighted by molar-refractivity contribution is -0.332. The first-order valence-corrected chi connectivity index (χ1v) is 4.01. The van der Waals surface area contributed by atoms with E-state index in [9.17, 15) is 19.8 Å². The number of carbonyl (C=O) groups is 2. The van der Waals surface area contributed by atoms with Crippen LogP contribution in [0.25, 0.3) is 0 Å². The number of aliphatic carboxylic acids is 2. The van der Waals surface area contributed by atoms with Gasteiger partial charge in [-0.2, -0.15) is 0 Å². The molecule has 0 rings (SSSR count). The highest BCUT2D eigenvalue weighted by Gasteiger charge is 2.09. The summed E-state index contributed by atoms with van der Waals surface area (Å²) in [5.74, 6) is -4.55. The SMILES string of the molecule is CCCCCC(C(=O)[O-])C(=O)[O-]. The molecule has 0 fully saturated rings. The van der Waals surface area contributed by atoms with E-state index in [1.165, 1.54) is 0 Å². The van der Waals surface area contributed by atoms with Gasteiger partial charge in [0, 0.05) is 5.92 Å². The van der Waals surface area contributed by atoms with Crippen molar-refractivity contribution in [3.63, 3.8) is 0 Å². The minimum absolute atomic E-state index is 0.110. The largest absolute Gasteiger partial charge is 0.549 e. The first kappa shape index (κ1) is 10.9. The summed E-state index contributed by atoms with van der Waals surface area (Å²) in [5.41, 5.74) is 0. The van der Waals surface area contributed by atoms with Gasteiger partial charge in [-0.05, 0) is 6.42 Å². The van der Waals surface area contributed by atoms with Crippen molar-refractivity contribution in [2.75, 3.05) is 0 Å². The zero-order valence-electron chi connectivity index (χ0n) is 7.04. The fraction of sp³-hybridized carbons (Fsp3) is 0.750. The molecule has 0 aromatic heterocycles. The molecule has 4 nitrogen and oxygen atoms in total. The van der Waals surface area contributed by atoms with Crippen molar-refractivity contribution < 1.29 is 19.8 Å². The minimum atomic E-state index is -1.55. The summed E-state index contributed by atoms with van der Waals surface area (Å²) >= 11 is 0. The molecular weight excluding hydrogens is 160 g/mol. The molecule has 0 saturated carbocycles. The highest BCUT2D eigenvalue weighted by Crippen LogP contribution is 2.08. The van der Waals surface area contributed by atoms with Gasteiger partial charge in [0.15, 0.2) is 0 Å². The quantitative estimate of drug-likeness (QED) is 0.367. The summed E-state index contributed by atoms with van der Waals surface area (Å²) in [7, 11) is 0. The van der Waals surface area contributed by atoms with Crippen molar-refractivity contribution in [2.24, 2.45) is 5.92 Å². The molecule has 12 heavy (non-hydrogen) atoms. The van der Waals surface area contributed by atoms with Crippen molar-refractivity contribution in [3.05, 3.63) is 0 Å². The van der Waals surface area contributed by atoms with E-state index in [0.717, 1.165) is 12.8 Å². The van der Waals surface area contributed by atoms with Gasteiger partial charge in [0.2, 0.25) is 0 Å². The van der Waals surface area contributed by atoms with E-state index in [1.807, 2.05) is 6.92 Å². The molecule has 0 heterocycles. The highest BCUT2D eigenvalue weighted by atomic mass is 16.4. The van der Waals surface area contributed by atoms with Crippen LogP contribution in [0.1, 0.15) is 32.6 Å². The first-order chi connectivity index (χ1) is 5.59. The van der Waals surface area contributed by atoms with Gasteiger partial charge in [0.25, 0.3) is 0 Å². The van der Waals surface area contributed by atoms with Crippen molar-refractivity contribution >= 4 is 11.9 Å². The van der Waals surface area contributed by atoms with Gasteiger partial charge in [0.05, 0.1) is 11.9 Å². The van der Waals surface area contributed by atoms with Gasteiger partial charge < -0.3 is 19.8 Å². The van der Waals surface area contributed by atoms with E-state index in [-0.39, 0.29) is 6.42 Å². The lowest BCUT2D eigenvalue weighted by Crippen LogP contribution is -2.43. The summed E-state index contributed by atoms with van der Waals surface area (Å²) in [6.07, 6.45) is 2.45. The molecule has 0 aliphatic heterocycles. The predicted octanol–water partition coefficient (Wildman–Crippen LogP) is -1.32. The fourth-order valence-corrected chi connectivity index (χ4v) is 0.930. The molecule has 0 aliphatic carbocycles. The van der Waals surface area contributed by atoms with Crippen molar-refractivity contribution in [1.82, 2.24) is 0 Å². The second-order valence-corrected chi connectivity index (χ2v) is 2.69. The van der Waals surface area contributed by atoms with E-state index in [1.54, 1.807) is 0 Å². The summed E-state index contributed by atoms with van der Waals surface area (Å²) in [5, 5.41) is 20.4. The normalized spacial score (nSPS) is 10.2. The molecule has 0 aromatic rings. The predicted molar refractivity (Wildman–Crippen MR) is 37.6 cm³/mol. The molecule has 70 valence electrons. The standard InChI is InChI=1S/C8H14O4/c1-2-3-4-5-6(7(9)10)8(11)12/h6H,2-5H2,1H3,(H,9,10)(H,11,12)/p-2. The van der Waals surface area contributed by atoms with Crippen LogP contribution < -0.4 is 10.2 Å². The summed E-state index contributed by atoms with van der Waals surface area (Å²) in [4.78, 5) is 20.4. The summed E-state index contributed by atoms with van der Waals surface area (Å²) in [6, 6.07) is 0. The number of carbonyl (C=O) groups excluding carboxylic acids is 2. The molecule has 0 unspecified atom stereocenters. The number of carboxylic acid groups (broad SMARTS) is 2. The van der Waals surface area contributed by atoms with Crippen LogP contribution in [0.3, 0.4) is 0 Å². The topological polar surface area (TPSA) is 80.3 Å². The van der Waals surface area contributed by atoms with Crippen LogP contribution in [0.4, 0.5) is 0 Å². The Morgan fingerprint density at radius 3 is 2.00 bits per heavy atom. The van der Waals surface area contributed by atoms with Gasteiger partial charge in [-0.15, -0.1) is 0 Å². The average molecular weight is 172 g/mol. The molecule has 0 radical (unpaired) electrons. The van der Waals surface area contributed by atoms with E-state index in [0.29, 0.717) is 6.42 Å². The second kappa shape index (κ2) is 5.57. The molecule has 4 heteroatoms. The minimum Gasteiger partial charge on any atom is -0.549 e. The second-order valence-electron chi connectivity index (χ2n) is 2.69. The van der Waals surface area contributed by atoms with E-state index < -0.39 is 17.9 Å². The maximum absolute atomic E-state index is 10.2. The molecule has 0 saturated heterocycles. The fourth-order valence-electron chi connectivity index (χ4n) is 0.930.